The van der Waals surface area contributed by atoms with E-state index >= 15 is 0 Å². The van der Waals surface area contributed by atoms with Crippen molar-refractivity contribution in [3.05, 3.63) is 35.2 Å². The van der Waals surface area contributed by atoms with Gasteiger partial charge in [-0.1, -0.05) is 30.7 Å². The first-order valence-electron chi connectivity index (χ1n) is 11.0. The van der Waals surface area contributed by atoms with Crippen LogP contribution in [-0.4, -0.2) is 50.0 Å². The fraction of sp³-hybridized carbons (Fsp3) is 0.435. The Hall–Kier alpha value is -2.65. The van der Waals surface area contributed by atoms with Crippen LogP contribution in [0.4, 0.5) is 16.5 Å². The highest BCUT2D eigenvalue weighted by molar-refractivity contribution is 7.29. The minimum Gasteiger partial charge on any atom is -0.371 e. The van der Waals surface area contributed by atoms with Crippen LogP contribution in [0, 0.1) is 0 Å². The van der Waals surface area contributed by atoms with Crippen molar-refractivity contribution in [1.82, 2.24) is 10.3 Å². The van der Waals surface area contributed by atoms with Gasteiger partial charge in [0.05, 0.1) is 9.58 Å². The molecule has 1 aliphatic rings. The van der Waals surface area contributed by atoms with E-state index in [9.17, 15) is 9.59 Å². The number of anilines is 3. The molecule has 0 radical (unpaired) electrons. The van der Waals surface area contributed by atoms with Gasteiger partial charge in [-0.15, -0.1) is 11.3 Å². The summed E-state index contributed by atoms with van der Waals surface area (Å²) in [5.74, 6) is -0.420. The highest BCUT2D eigenvalue weighted by Gasteiger charge is 2.23. The topological polar surface area (TPSA) is 77.6 Å². The van der Waals surface area contributed by atoms with Crippen LogP contribution in [0.25, 0.3) is 9.53 Å². The van der Waals surface area contributed by atoms with E-state index in [-0.39, 0.29) is 11.8 Å². The normalized spacial score (nSPS) is 14.5. The highest BCUT2D eigenvalue weighted by Crippen LogP contribution is 2.34. The standard InChI is InChI=1S/C23H29N5O2S2/c1-4-8-17(20(29)24-15-9-7-10-16(13-15)28-11-5-6-12-28)25-21(30)18-14-19-22(31-18)26-23(32-19)27(2)3/h7,9-10,13-14,17H,4-6,8,11-12H2,1-3H3,(H,24,29)(H,25,30). The largest absolute Gasteiger partial charge is 0.371 e. The van der Waals surface area contributed by atoms with Crippen molar-refractivity contribution < 1.29 is 9.59 Å². The van der Waals surface area contributed by atoms with Crippen molar-refractivity contribution >= 4 is 60.5 Å². The van der Waals surface area contributed by atoms with Gasteiger partial charge in [0.25, 0.3) is 5.91 Å². The minimum atomic E-state index is -0.589. The van der Waals surface area contributed by atoms with Gasteiger partial charge in [0.1, 0.15) is 10.9 Å². The second-order valence-electron chi connectivity index (χ2n) is 8.22. The summed E-state index contributed by atoms with van der Waals surface area (Å²) in [6, 6.07) is 9.21. The summed E-state index contributed by atoms with van der Waals surface area (Å²) in [4.78, 5) is 36.1. The molecular weight excluding hydrogens is 442 g/mol. The van der Waals surface area contributed by atoms with Gasteiger partial charge in [-0.05, 0) is 43.5 Å². The maximum absolute atomic E-state index is 13.0. The van der Waals surface area contributed by atoms with E-state index in [2.05, 4.69) is 26.6 Å². The lowest BCUT2D eigenvalue weighted by Gasteiger charge is -2.20. The van der Waals surface area contributed by atoms with E-state index < -0.39 is 6.04 Å². The Balaban J connectivity index is 1.43. The van der Waals surface area contributed by atoms with Crippen LogP contribution in [0.2, 0.25) is 0 Å². The molecule has 1 unspecified atom stereocenters. The number of amides is 2. The number of hydrogen-bond donors (Lipinski definition) is 2. The Morgan fingerprint density at radius 2 is 1.97 bits per heavy atom. The lowest BCUT2D eigenvalue weighted by Crippen LogP contribution is -2.43. The predicted molar refractivity (Wildman–Crippen MR) is 135 cm³/mol. The van der Waals surface area contributed by atoms with Gasteiger partial charge in [0.15, 0.2) is 5.13 Å². The molecule has 1 fully saturated rings. The Morgan fingerprint density at radius 1 is 1.19 bits per heavy atom. The lowest BCUT2D eigenvalue weighted by molar-refractivity contribution is -0.118. The molecule has 32 heavy (non-hydrogen) atoms. The van der Waals surface area contributed by atoms with E-state index in [1.54, 1.807) is 11.3 Å². The van der Waals surface area contributed by atoms with Crippen LogP contribution in [0.5, 0.6) is 0 Å². The third-order valence-electron chi connectivity index (χ3n) is 5.47. The molecule has 0 bridgehead atoms. The first-order chi connectivity index (χ1) is 15.4. The van der Waals surface area contributed by atoms with Crippen LogP contribution in [0.15, 0.2) is 30.3 Å². The first kappa shape index (κ1) is 22.5. The second-order valence-corrected chi connectivity index (χ2v) is 10.3. The molecule has 2 N–H and O–H groups in total. The fourth-order valence-corrected chi connectivity index (χ4v) is 5.84. The number of thiophene rings is 1. The molecule has 3 heterocycles. The summed E-state index contributed by atoms with van der Waals surface area (Å²) >= 11 is 2.91. The molecule has 170 valence electrons. The summed E-state index contributed by atoms with van der Waals surface area (Å²) in [6.07, 6.45) is 3.77. The first-order valence-corrected chi connectivity index (χ1v) is 12.6. The number of benzene rings is 1. The summed E-state index contributed by atoms with van der Waals surface area (Å²) < 4.78 is 0.985. The monoisotopic (exact) mass is 471 g/mol. The molecule has 1 saturated heterocycles. The van der Waals surface area contributed by atoms with Crippen LogP contribution in [0.3, 0.4) is 0 Å². The average molecular weight is 472 g/mol. The van der Waals surface area contributed by atoms with Crippen molar-refractivity contribution in [2.75, 3.05) is 42.3 Å². The summed E-state index contributed by atoms with van der Waals surface area (Å²) in [5, 5.41) is 6.84. The molecule has 0 aliphatic carbocycles. The molecule has 1 atom stereocenters. The maximum atomic E-state index is 13.0. The van der Waals surface area contributed by atoms with Crippen molar-refractivity contribution in [2.45, 2.75) is 38.6 Å². The van der Waals surface area contributed by atoms with E-state index in [0.717, 1.165) is 45.5 Å². The zero-order valence-electron chi connectivity index (χ0n) is 18.7. The van der Waals surface area contributed by atoms with Gasteiger partial charge in [-0.3, -0.25) is 9.59 Å². The van der Waals surface area contributed by atoms with Gasteiger partial charge >= 0.3 is 0 Å². The van der Waals surface area contributed by atoms with E-state index in [1.807, 2.05) is 50.2 Å². The molecule has 2 aromatic heterocycles. The molecule has 9 heteroatoms. The van der Waals surface area contributed by atoms with Gasteiger partial charge in [-0.25, -0.2) is 4.98 Å². The number of carbonyl (C=O) groups excluding carboxylic acids is 2. The fourth-order valence-electron chi connectivity index (χ4n) is 3.80. The Morgan fingerprint density at radius 3 is 2.66 bits per heavy atom. The SMILES string of the molecule is CCCC(NC(=O)c1cc2sc(N(C)C)nc2s1)C(=O)Nc1cccc(N2CCCC2)c1. The van der Waals surface area contributed by atoms with Crippen LogP contribution < -0.4 is 20.4 Å². The summed E-state index contributed by atoms with van der Waals surface area (Å²) in [6.45, 7) is 4.11. The molecule has 7 nitrogen and oxygen atoms in total. The van der Waals surface area contributed by atoms with Crippen molar-refractivity contribution in [2.24, 2.45) is 0 Å². The Kier molecular flexibility index (Phi) is 6.95. The summed E-state index contributed by atoms with van der Waals surface area (Å²) in [7, 11) is 3.90. The van der Waals surface area contributed by atoms with Gasteiger partial charge in [-0.2, -0.15) is 0 Å². The predicted octanol–water partition coefficient (Wildman–Crippen LogP) is 4.56. The van der Waals surface area contributed by atoms with Gasteiger partial charge < -0.3 is 20.4 Å². The summed E-state index contributed by atoms with van der Waals surface area (Å²) in [5.41, 5.74) is 1.88. The molecule has 0 saturated carbocycles. The van der Waals surface area contributed by atoms with Crippen molar-refractivity contribution in [1.29, 1.82) is 0 Å². The molecule has 1 aliphatic heterocycles. The Labute approximate surface area is 196 Å². The van der Waals surface area contributed by atoms with Crippen molar-refractivity contribution in [3.63, 3.8) is 0 Å². The van der Waals surface area contributed by atoms with Crippen LogP contribution in [0.1, 0.15) is 42.3 Å². The van der Waals surface area contributed by atoms with Crippen LogP contribution >= 0.6 is 22.7 Å². The smallest absolute Gasteiger partial charge is 0.262 e. The molecular formula is C23H29N5O2S2. The van der Waals surface area contributed by atoms with E-state index in [1.165, 1.54) is 24.2 Å². The zero-order valence-corrected chi connectivity index (χ0v) is 20.3. The average Bonchev–Trinajstić information content (AvgIpc) is 3.50. The number of hydrogen-bond acceptors (Lipinski definition) is 7. The number of fused-ring (bicyclic) bond motifs is 1. The van der Waals surface area contributed by atoms with E-state index in [0.29, 0.717) is 11.3 Å². The van der Waals surface area contributed by atoms with Crippen LogP contribution in [-0.2, 0) is 4.79 Å². The number of nitrogens with zero attached hydrogens (tertiary/aromatic N) is 3. The number of nitrogens with one attached hydrogen (secondary N) is 2. The maximum Gasteiger partial charge on any atom is 0.262 e. The Bertz CT molecular complexity index is 1070. The second kappa shape index (κ2) is 9.87. The van der Waals surface area contributed by atoms with Crippen molar-refractivity contribution in [3.8, 4) is 0 Å². The molecule has 3 aromatic rings. The molecule has 1 aromatic carbocycles. The van der Waals surface area contributed by atoms with Gasteiger partial charge in [0.2, 0.25) is 5.91 Å². The number of thiazole rings is 1. The van der Waals surface area contributed by atoms with E-state index in [4.69, 9.17) is 0 Å². The zero-order chi connectivity index (χ0) is 22.7. The lowest BCUT2D eigenvalue weighted by atomic mass is 10.1. The highest BCUT2D eigenvalue weighted by atomic mass is 32.1. The van der Waals surface area contributed by atoms with Gasteiger partial charge in [0, 0.05) is 38.6 Å². The minimum absolute atomic E-state index is 0.190. The third kappa shape index (κ3) is 5.05. The molecule has 4 rings (SSSR count). The molecule has 0 spiro atoms. The third-order valence-corrected chi connectivity index (χ3v) is 7.80. The number of rotatable bonds is 8. The molecule has 2 amide bonds. The number of carbonyl (C=O) groups is 2. The number of aromatic nitrogens is 1. The quantitative estimate of drug-likeness (QED) is 0.504.